The molecule has 1 fully saturated rings. The van der Waals surface area contributed by atoms with Gasteiger partial charge in [0.2, 0.25) is 5.91 Å². The van der Waals surface area contributed by atoms with Crippen LogP contribution in [0.2, 0.25) is 0 Å². The SMILES string of the molecule is O=C(NNC1=C(Cl)N=CC=NC1)C1CCCCC1. The van der Waals surface area contributed by atoms with Gasteiger partial charge in [0.15, 0.2) is 5.16 Å². The number of hydrogen-bond acceptors (Lipinski definition) is 4. The van der Waals surface area contributed by atoms with Gasteiger partial charge in [-0.3, -0.25) is 20.6 Å². The predicted octanol–water partition coefficient (Wildman–Crippen LogP) is 1.75. The number of nitrogens with one attached hydrogen (secondary N) is 2. The first-order valence-corrected chi connectivity index (χ1v) is 6.62. The Kier molecular flexibility index (Phi) is 4.75. The summed E-state index contributed by atoms with van der Waals surface area (Å²) in [7, 11) is 0. The third-order valence-corrected chi connectivity index (χ3v) is 3.50. The quantitative estimate of drug-likeness (QED) is 0.605. The third-order valence-electron chi connectivity index (χ3n) is 3.17. The summed E-state index contributed by atoms with van der Waals surface area (Å²) in [5.74, 6) is 0.146. The van der Waals surface area contributed by atoms with Crippen LogP contribution in [-0.2, 0) is 4.79 Å². The Labute approximate surface area is 111 Å². The van der Waals surface area contributed by atoms with Crippen molar-refractivity contribution in [3.05, 3.63) is 10.9 Å². The van der Waals surface area contributed by atoms with Gasteiger partial charge in [0, 0.05) is 18.3 Å². The van der Waals surface area contributed by atoms with Crippen LogP contribution in [0.5, 0.6) is 0 Å². The van der Waals surface area contributed by atoms with Crippen molar-refractivity contribution in [1.82, 2.24) is 10.9 Å². The van der Waals surface area contributed by atoms with Gasteiger partial charge in [0.25, 0.3) is 0 Å². The molecule has 1 amide bonds. The lowest BCUT2D eigenvalue weighted by Crippen LogP contribution is -2.42. The van der Waals surface area contributed by atoms with E-state index in [1.54, 1.807) is 6.21 Å². The summed E-state index contributed by atoms with van der Waals surface area (Å²) in [6.45, 7) is 0.393. The van der Waals surface area contributed by atoms with Crippen LogP contribution in [0.1, 0.15) is 32.1 Å². The Morgan fingerprint density at radius 1 is 1.28 bits per heavy atom. The second-order valence-corrected chi connectivity index (χ2v) is 4.84. The van der Waals surface area contributed by atoms with Crippen LogP contribution in [0.15, 0.2) is 20.8 Å². The molecule has 0 aromatic heterocycles. The van der Waals surface area contributed by atoms with Crippen LogP contribution in [0, 0.1) is 5.92 Å². The number of aliphatic imine (C=N–C) groups is 2. The lowest BCUT2D eigenvalue weighted by molar-refractivity contribution is -0.126. The Bertz CT molecular complexity index is 397. The fraction of sp³-hybridized carbons (Fsp3) is 0.583. The molecule has 0 saturated heterocycles. The minimum Gasteiger partial charge on any atom is -0.298 e. The minimum atomic E-state index is 0.0314. The molecule has 2 rings (SSSR count). The van der Waals surface area contributed by atoms with E-state index in [2.05, 4.69) is 20.8 Å². The molecule has 6 heteroatoms. The number of halogens is 1. The highest BCUT2D eigenvalue weighted by Crippen LogP contribution is 2.23. The molecule has 1 aliphatic carbocycles. The van der Waals surface area contributed by atoms with Crippen molar-refractivity contribution in [2.45, 2.75) is 32.1 Å². The fourth-order valence-corrected chi connectivity index (χ4v) is 2.29. The zero-order chi connectivity index (χ0) is 12.8. The number of nitrogens with zero attached hydrogens (tertiary/aromatic N) is 2. The molecule has 0 bridgehead atoms. The average molecular weight is 269 g/mol. The highest BCUT2D eigenvalue weighted by atomic mass is 35.5. The zero-order valence-electron chi connectivity index (χ0n) is 10.2. The number of hydrogen-bond donors (Lipinski definition) is 2. The van der Waals surface area contributed by atoms with E-state index >= 15 is 0 Å². The molecule has 2 aliphatic rings. The maximum absolute atomic E-state index is 11.9. The highest BCUT2D eigenvalue weighted by Gasteiger charge is 2.21. The zero-order valence-corrected chi connectivity index (χ0v) is 10.9. The van der Waals surface area contributed by atoms with E-state index in [1.807, 2.05) is 0 Å². The Morgan fingerprint density at radius 3 is 2.83 bits per heavy atom. The smallest absolute Gasteiger partial charge is 0.241 e. The number of carbonyl (C=O) groups excluding carboxylic acids is 1. The van der Waals surface area contributed by atoms with E-state index in [1.165, 1.54) is 12.6 Å². The molecule has 5 nitrogen and oxygen atoms in total. The molecule has 18 heavy (non-hydrogen) atoms. The predicted molar refractivity (Wildman–Crippen MR) is 72.6 cm³/mol. The minimum absolute atomic E-state index is 0.0314. The summed E-state index contributed by atoms with van der Waals surface area (Å²) in [6, 6.07) is 0. The summed E-state index contributed by atoms with van der Waals surface area (Å²) < 4.78 is 0. The van der Waals surface area contributed by atoms with Crippen LogP contribution in [0.25, 0.3) is 0 Å². The van der Waals surface area contributed by atoms with Crippen LogP contribution in [0.4, 0.5) is 0 Å². The summed E-state index contributed by atoms with van der Waals surface area (Å²) in [4.78, 5) is 19.9. The topological polar surface area (TPSA) is 65.8 Å². The summed E-state index contributed by atoms with van der Waals surface area (Å²) in [5.41, 5.74) is 6.15. The molecule has 2 N–H and O–H groups in total. The van der Waals surface area contributed by atoms with Gasteiger partial charge in [0.05, 0.1) is 12.2 Å². The fourth-order valence-electron chi connectivity index (χ4n) is 2.13. The third kappa shape index (κ3) is 3.57. The van der Waals surface area contributed by atoms with E-state index < -0.39 is 0 Å². The van der Waals surface area contributed by atoms with Gasteiger partial charge in [-0.15, -0.1) is 0 Å². The monoisotopic (exact) mass is 268 g/mol. The first-order valence-electron chi connectivity index (χ1n) is 6.24. The Hall–Kier alpha value is -1.36. The van der Waals surface area contributed by atoms with Gasteiger partial charge in [-0.05, 0) is 12.8 Å². The maximum atomic E-state index is 11.9. The summed E-state index contributed by atoms with van der Waals surface area (Å²) in [5, 5.41) is 0.330. The molecule has 0 unspecified atom stereocenters. The number of carbonyl (C=O) groups is 1. The van der Waals surface area contributed by atoms with Crippen LogP contribution in [-0.4, -0.2) is 24.9 Å². The number of hydrazine groups is 1. The summed E-state index contributed by atoms with van der Waals surface area (Å²) >= 11 is 5.94. The van der Waals surface area contributed by atoms with Crippen molar-refractivity contribution in [3.63, 3.8) is 0 Å². The molecular formula is C12H17ClN4O. The molecular weight excluding hydrogens is 252 g/mol. The van der Waals surface area contributed by atoms with Crippen molar-refractivity contribution < 1.29 is 4.79 Å². The number of amides is 1. The van der Waals surface area contributed by atoms with Crippen LogP contribution >= 0.6 is 11.6 Å². The standard InChI is InChI=1S/C12H17ClN4O/c13-11-10(8-14-6-7-15-11)16-17-12(18)9-4-2-1-3-5-9/h6-7,9,16H,1-5,8H2,(H,17,18). The van der Waals surface area contributed by atoms with E-state index in [9.17, 15) is 4.79 Å². The molecule has 98 valence electrons. The lowest BCUT2D eigenvalue weighted by atomic mass is 9.89. The van der Waals surface area contributed by atoms with Gasteiger partial charge >= 0.3 is 0 Å². The molecule has 1 heterocycles. The van der Waals surface area contributed by atoms with Crippen molar-refractivity contribution in [1.29, 1.82) is 0 Å². The van der Waals surface area contributed by atoms with Crippen molar-refractivity contribution in [2.75, 3.05) is 6.54 Å². The van der Waals surface area contributed by atoms with Gasteiger partial charge in [-0.1, -0.05) is 30.9 Å². The van der Waals surface area contributed by atoms with Gasteiger partial charge in [-0.2, -0.15) is 0 Å². The molecule has 0 spiro atoms. The van der Waals surface area contributed by atoms with Crippen molar-refractivity contribution >= 4 is 29.9 Å². The average Bonchev–Trinajstić information content (AvgIpc) is 2.62. The van der Waals surface area contributed by atoms with Gasteiger partial charge < -0.3 is 0 Å². The molecule has 0 aromatic carbocycles. The Morgan fingerprint density at radius 2 is 2.06 bits per heavy atom. The summed E-state index contributed by atoms with van der Waals surface area (Å²) in [6.07, 6.45) is 8.55. The van der Waals surface area contributed by atoms with E-state index in [0.29, 0.717) is 17.4 Å². The molecule has 0 atom stereocenters. The maximum Gasteiger partial charge on any atom is 0.241 e. The normalized spacial score (nSPS) is 20.7. The van der Waals surface area contributed by atoms with Gasteiger partial charge in [-0.25, -0.2) is 4.99 Å². The van der Waals surface area contributed by atoms with E-state index in [-0.39, 0.29) is 11.8 Å². The van der Waals surface area contributed by atoms with E-state index in [4.69, 9.17) is 11.6 Å². The number of rotatable bonds is 3. The Balaban J connectivity index is 1.85. The first kappa shape index (κ1) is 13.1. The second kappa shape index (κ2) is 6.54. The van der Waals surface area contributed by atoms with Crippen molar-refractivity contribution in [2.24, 2.45) is 15.9 Å². The largest absolute Gasteiger partial charge is 0.298 e. The lowest BCUT2D eigenvalue weighted by Gasteiger charge is -2.21. The van der Waals surface area contributed by atoms with Crippen LogP contribution < -0.4 is 10.9 Å². The van der Waals surface area contributed by atoms with E-state index in [0.717, 1.165) is 25.7 Å². The highest BCUT2D eigenvalue weighted by molar-refractivity contribution is 6.31. The molecule has 1 aliphatic heterocycles. The molecule has 0 aromatic rings. The van der Waals surface area contributed by atoms with Gasteiger partial charge in [0.1, 0.15) is 0 Å². The first-order chi connectivity index (χ1) is 8.77. The van der Waals surface area contributed by atoms with Crippen LogP contribution in [0.3, 0.4) is 0 Å². The molecule has 1 saturated carbocycles. The molecule has 0 radical (unpaired) electrons. The van der Waals surface area contributed by atoms with Crippen molar-refractivity contribution in [3.8, 4) is 0 Å². The second-order valence-electron chi connectivity index (χ2n) is 4.49.